The Bertz CT molecular complexity index is 614. The van der Waals surface area contributed by atoms with Crippen molar-refractivity contribution in [1.82, 2.24) is 0 Å². The Morgan fingerprint density at radius 3 is 2.48 bits per heavy atom. The summed E-state index contributed by atoms with van der Waals surface area (Å²) in [7, 11) is 0. The normalized spacial score (nSPS) is 10.3. The van der Waals surface area contributed by atoms with Crippen LogP contribution in [0.25, 0.3) is 0 Å². The standard InChI is InChI=1S/C18H20ClNO2S/c1-23-12-2-3-18(21)20-16-8-10-17(11-9-16)22-13-14-4-6-15(19)7-5-14/h4-11H,2-3,12-13H2,1H3,(H,20,21). The largest absolute Gasteiger partial charge is 0.489 e. The predicted octanol–water partition coefficient (Wildman–Crippen LogP) is 5.00. The van der Waals surface area contributed by atoms with Crippen LogP contribution in [0.15, 0.2) is 48.5 Å². The van der Waals surface area contributed by atoms with Gasteiger partial charge in [-0.25, -0.2) is 0 Å². The molecule has 3 nitrogen and oxygen atoms in total. The smallest absolute Gasteiger partial charge is 0.224 e. The third kappa shape index (κ3) is 6.55. The van der Waals surface area contributed by atoms with E-state index in [1.165, 1.54) is 0 Å². The van der Waals surface area contributed by atoms with E-state index in [-0.39, 0.29) is 5.91 Å². The number of ether oxygens (including phenoxy) is 1. The lowest BCUT2D eigenvalue weighted by molar-refractivity contribution is -0.116. The van der Waals surface area contributed by atoms with E-state index in [1.54, 1.807) is 11.8 Å². The van der Waals surface area contributed by atoms with Gasteiger partial charge in [-0.2, -0.15) is 11.8 Å². The van der Waals surface area contributed by atoms with E-state index in [1.807, 2.05) is 54.8 Å². The molecule has 122 valence electrons. The molecular formula is C18H20ClNO2S. The van der Waals surface area contributed by atoms with Crippen molar-refractivity contribution >= 4 is 35.0 Å². The second-order valence-electron chi connectivity index (χ2n) is 5.08. The molecule has 0 atom stereocenters. The maximum absolute atomic E-state index is 11.7. The number of hydrogen-bond donors (Lipinski definition) is 1. The van der Waals surface area contributed by atoms with Crippen LogP contribution in [0.1, 0.15) is 18.4 Å². The summed E-state index contributed by atoms with van der Waals surface area (Å²) in [6, 6.07) is 15.0. The summed E-state index contributed by atoms with van der Waals surface area (Å²) in [5.41, 5.74) is 1.85. The van der Waals surface area contributed by atoms with Gasteiger partial charge in [0.2, 0.25) is 5.91 Å². The number of amides is 1. The lowest BCUT2D eigenvalue weighted by Gasteiger charge is -2.08. The van der Waals surface area contributed by atoms with Gasteiger partial charge in [0.05, 0.1) is 0 Å². The van der Waals surface area contributed by atoms with Gasteiger partial charge in [0, 0.05) is 17.1 Å². The first-order valence-corrected chi connectivity index (χ1v) is 9.20. The third-order valence-electron chi connectivity index (χ3n) is 3.21. The molecule has 0 aliphatic rings. The van der Waals surface area contributed by atoms with Crippen molar-refractivity contribution in [3.63, 3.8) is 0 Å². The highest BCUT2D eigenvalue weighted by molar-refractivity contribution is 7.98. The van der Waals surface area contributed by atoms with Crippen LogP contribution in [0.4, 0.5) is 5.69 Å². The summed E-state index contributed by atoms with van der Waals surface area (Å²) in [5.74, 6) is 1.82. The number of hydrogen-bond acceptors (Lipinski definition) is 3. The van der Waals surface area contributed by atoms with Crippen molar-refractivity contribution in [2.24, 2.45) is 0 Å². The molecule has 0 spiro atoms. The highest BCUT2D eigenvalue weighted by atomic mass is 35.5. The second kappa shape index (κ2) is 9.48. The van der Waals surface area contributed by atoms with Gasteiger partial charge in [0.1, 0.15) is 12.4 Å². The summed E-state index contributed by atoms with van der Waals surface area (Å²) in [5, 5.41) is 3.60. The highest BCUT2D eigenvalue weighted by Gasteiger charge is 2.03. The van der Waals surface area contributed by atoms with E-state index in [9.17, 15) is 4.79 Å². The number of carbonyl (C=O) groups is 1. The molecule has 0 aliphatic carbocycles. The minimum Gasteiger partial charge on any atom is -0.489 e. The lowest BCUT2D eigenvalue weighted by Crippen LogP contribution is -2.11. The van der Waals surface area contributed by atoms with Crippen LogP contribution < -0.4 is 10.1 Å². The van der Waals surface area contributed by atoms with Crippen LogP contribution in [0, 0.1) is 0 Å². The average Bonchev–Trinajstić information content (AvgIpc) is 2.56. The van der Waals surface area contributed by atoms with E-state index in [0.717, 1.165) is 29.2 Å². The van der Waals surface area contributed by atoms with Gasteiger partial charge in [0.15, 0.2) is 0 Å². The number of nitrogens with one attached hydrogen (secondary N) is 1. The molecular weight excluding hydrogens is 330 g/mol. The zero-order valence-electron chi connectivity index (χ0n) is 13.0. The van der Waals surface area contributed by atoms with Gasteiger partial charge in [-0.1, -0.05) is 23.7 Å². The van der Waals surface area contributed by atoms with Crippen molar-refractivity contribution in [2.75, 3.05) is 17.3 Å². The fourth-order valence-corrected chi connectivity index (χ4v) is 2.54. The van der Waals surface area contributed by atoms with Gasteiger partial charge < -0.3 is 10.1 Å². The topological polar surface area (TPSA) is 38.3 Å². The number of benzene rings is 2. The fraction of sp³-hybridized carbons (Fsp3) is 0.278. The van der Waals surface area contributed by atoms with E-state index in [2.05, 4.69) is 5.32 Å². The molecule has 0 aromatic heterocycles. The van der Waals surface area contributed by atoms with E-state index >= 15 is 0 Å². The van der Waals surface area contributed by atoms with Crippen molar-refractivity contribution in [3.05, 3.63) is 59.1 Å². The molecule has 23 heavy (non-hydrogen) atoms. The van der Waals surface area contributed by atoms with E-state index in [4.69, 9.17) is 16.3 Å². The molecule has 5 heteroatoms. The Morgan fingerprint density at radius 1 is 1.13 bits per heavy atom. The van der Waals surface area contributed by atoms with Crippen LogP contribution >= 0.6 is 23.4 Å². The van der Waals surface area contributed by atoms with Gasteiger partial charge in [-0.3, -0.25) is 4.79 Å². The highest BCUT2D eigenvalue weighted by Crippen LogP contribution is 2.18. The van der Waals surface area contributed by atoms with Gasteiger partial charge >= 0.3 is 0 Å². The number of anilines is 1. The van der Waals surface area contributed by atoms with Crippen molar-refractivity contribution < 1.29 is 9.53 Å². The van der Waals surface area contributed by atoms with Crippen LogP contribution in [-0.2, 0) is 11.4 Å². The Labute approximate surface area is 146 Å². The predicted molar refractivity (Wildman–Crippen MR) is 98.5 cm³/mol. The van der Waals surface area contributed by atoms with Crippen molar-refractivity contribution in [2.45, 2.75) is 19.4 Å². The summed E-state index contributed by atoms with van der Waals surface area (Å²) in [4.78, 5) is 11.7. The SMILES string of the molecule is CSCCCC(=O)Nc1ccc(OCc2ccc(Cl)cc2)cc1. The monoisotopic (exact) mass is 349 g/mol. The molecule has 0 saturated carbocycles. The summed E-state index contributed by atoms with van der Waals surface area (Å²) < 4.78 is 5.71. The second-order valence-corrected chi connectivity index (χ2v) is 6.51. The summed E-state index contributed by atoms with van der Waals surface area (Å²) in [6.45, 7) is 0.484. The molecule has 0 fully saturated rings. The minimum absolute atomic E-state index is 0.0499. The van der Waals surface area contributed by atoms with Crippen LogP contribution in [0.2, 0.25) is 5.02 Å². The zero-order chi connectivity index (χ0) is 16.5. The molecule has 0 aliphatic heterocycles. The summed E-state index contributed by atoms with van der Waals surface area (Å²) >= 11 is 7.60. The number of halogens is 1. The van der Waals surface area contributed by atoms with Crippen LogP contribution in [0.5, 0.6) is 5.75 Å². The molecule has 2 rings (SSSR count). The Hall–Kier alpha value is -1.65. The lowest BCUT2D eigenvalue weighted by atomic mass is 10.2. The van der Waals surface area contributed by atoms with Crippen LogP contribution in [0.3, 0.4) is 0 Å². The number of rotatable bonds is 8. The third-order valence-corrected chi connectivity index (χ3v) is 4.16. The minimum atomic E-state index is 0.0499. The Balaban J connectivity index is 1.79. The maximum atomic E-state index is 11.7. The quantitative estimate of drug-likeness (QED) is 0.681. The van der Waals surface area contributed by atoms with Crippen LogP contribution in [-0.4, -0.2) is 17.9 Å². The van der Waals surface area contributed by atoms with Crippen molar-refractivity contribution in [3.8, 4) is 5.75 Å². The molecule has 0 heterocycles. The maximum Gasteiger partial charge on any atom is 0.224 e. The number of thioether (sulfide) groups is 1. The Morgan fingerprint density at radius 2 is 1.83 bits per heavy atom. The summed E-state index contributed by atoms with van der Waals surface area (Å²) in [6.07, 6.45) is 3.49. The van der Waals surface area contributed by atoms with E-state index in [0.29, 0.717) is 18.1 Å². The average molecular weight is 350 g/mol. The molecule has 1 N–H and O–H groups in total. The molecule has 0 radical (unpaired) electrons. The van der Waals surface area contributed by atoms with E-state index < -0.39 is 0 Å². The molecule has 2 aromatic rings. The molecule has 0 saturated heterocycles. The van der Waals surface area contributed by atoms with Gasteiger partial charge in [0.25, 0.3) is 0 Å². The first kappa shape index (κ1) is 17.7. The fourth-order valence-electron chi connectivity index (χ4n) is 1.98. The number of carbonyl (C=O) groups excluding carboxylic acids is 1. The zero-order valence-corrected chi connectivity index (χ0v) is 14.6. The molecule has 1 amide bonds. The molecule has 2 aromatic carbocycles. The first-order valence-electron chi connectivity index (χ1n) is 7.43. The first-order chi connectivity index (χ1) is 11.2. The molecule has 0 unspecified atom stereocenters. The molecule has 0 bridgehead atoms. The Kier molecular flexibility index (Phi) is 7.30. The van der Waals surface area contributed by atoms with Gasteiger partial charge in [-0.05, 0) is 60.4 Å². The van der Waals surface area contributed by atoms with Gasteiger partial charge in [-0.15, -0.1) is 0 Å². The van der Waals surface area contributed by atoms with Crippen molar-refractivity contribution in [1.29, 1.82) is 0 Å².